The summed E-state index contributed by atoms with van der Waals surface area (Å²) < 4.78 is 38.7. The first-order valence-corrected chi connectivity index (χ1v) is 5.08. The summed E-state index contributed by atoms with van der Waals surface area (Å²) in [5.74, 6) is 0. The molecule has 0 aliphatic rings. The first kappa shape index (κ1) is 11.6. The van der Waals surface area contributed by atoms with E-state index >= 15 is 0 Å². The smallest absolute Gasteiger partial charge is 0.256 e. The Morgan fingerprint density at radius 1 is 1.06 bits per heavy atom. The summed E-state index contributed by atoms with van der Waals surface area (Å²) in [5.41, 5.74) is 0.386. The molecule has 1 aromatic carbocycles. The zero-order chi connectivity index (χ0) is 12.5. The molecule has 0 fully saturated rings. The molecule has 0 radical (unpaired) electrons. The average Bonchev–Trinajstić information content (AvgIpc) is 2.29. The van der Waals surface area contributed by atoms with Crippen LogP contribution < -0.4 is 0 Å². The number of aryl methyl sites for hydroxylation is 1. The molecular weight excluding hydrogens is 227 g/mol. The molecule has 17 heavy (non-hydrogen) atoms. The third-order valence-corrected chi connectivity index (χ3v) is 2.42. The molecular formula is C13H10F3N. The van der Waals surface area contributed by atoms with Crippen LogP contribution in [0.25, 0.3) is 11.3 Å². The molecule has 1 heterocycles. The number of aromatic nitrogens is 1. The van der Waals surface area contributed by atoms with Gasteiger partial charge in [0.2, 0.25) is 0 Å². The van der Waals surface area contributed by atoms with Gasteiger partial charge in [-0.25, -0.2) is 0 Å². The Morgan fingerprint density at radius 2 is 1.82 bits per heavy atom. The second-order valence-corrected chi connectivity index (χ2v) is 3.76. The molecule has 4 heteroatoms. The number of benzene rings is 1. The molecule has 1 aromatic heterocycles. The highest BCUT2D eigenvalue weighted by Gasteiger charge is 2.33. The van der Waals surface area contributed by atoms with E-state index in [-0.39, 0.29) is 5.56 Å². The van der Waals surface area contributed by atoms with Crippen LogP contribution in [0.5, 0.6) is 0 Å². The Labute approximate surface area is 96.9 Å². The molecule has 0 N–H and O–H groups in total. The highest BCUT2D eigenvalue weighted by atomic mass is 19.4. The van der Waals surface area contributed by atoms with E-state index < -0.39 is 11.7 Å². The standard InChI is InChI=1S/C13H10F3N/c1-9-5-6-10(11(8-9)13(14,15)16)12-4-2-3-7-17-12/h2-8H,1H3. The van der Waals surface area contributed by atoms with Crippen LogP contribution >= 0.6 is 0 Å². The minimum absolute atomic E-state index is 0.115. The van der Waals surface area contributed by atoms with Crippen LogP contribution in [-0.4, -0.2) is 4.98 Å². The van der Waals surface area contributed by atoms with E-state index in [0.717, 1.165) is 6.07 Å². The van der Waals surface area contributed by atoms with Gasteiger partial charge in [-0.15, -0.1) is 0 Å². The van der Waals surface area contributed by atoms with Crippen LogP contribution in [0, 0.1) is 6.92 Å². The molecule has 0 saturated heterocycles. The van der Waals surface area contributed by atoms with Gasteiger partial charge in [0, 0.05) is 11.8 Å². The molecule has 88 valence electrons. The van der Waals surface area contributed by atoms with Crippen molar-refractivity contribution in [2.45, 2.75) is 13.1 Å². The fourth-order valence-electron chi connectivity index (χ4n) is 1.64. The Bertz CT molecular complexity index is 518. The Morgan fingerprint density at radius 3 is 2.41 bits per heavy atom. The first-order valence-electron chi connectivity index (χ1n) is 5.08. The maximum absolute atomic E-state index is 12.9. The summed E-state index contributed by atoms with van der Waals surface area (Å²) in [5, 5.41) is 0. The predicted molar refractivity (Wildman–Crippen MR) is 59.4 cm³/mol. The predicted octanol–water partition coefficient (Wildman–Crippen LogP) is 4.08. The highest BCUT2D eigenvalue weighted by molar-refractivity contribution is 5.64. The van der Waals surface area contributed by atoms with Crippen molar-refractivity contribution in [1.82, 2.24) is 4.98 Å². The molecule has 0 atom stereocenters. The third-order valence-electron chi connectivity index (χ3n) is 2.42. The van der Waals surface area contributed by atoms with Crippen LogP contribution in [0.3, 0.4) is 0 Å². The fourth-order valence-corrected chi connectivity index (χ4v) is 1.64. The summed E-state index contributed by atoms with van der Waals surface area (Å²) in [4.78, 5) is 3.95. The van der Waals surface area contributed by atoms with Crippen LogP contribution in [-0.2, 0) is 6.18 Å². The molecule has 2 rings (SSSR count). The van der Waals surface area contributed by atoms with Gasteiger partial charge in [0.05, 0.1) is 11.3 Å². The van der Waals surface area contributed by atoms with Crippen molar-refractivity contribution >= 4 is 0 Å². The van der Waals surface area contributed by atoms with Crippen LogP contribution in [0.15, 0.2) is 42.6 Å². The van der Waals surface area contributed by atoms with E-state index in [1.807, 2.05) is 0 Å². The lowest BCUT2D eigenvalue weighted by Crippen LogP contribution is -2.08. The monoisotopic (exact) mass is 237 g/mol. The van der Waals surface area contributed by atoms with Crippen molar-refractivity contribution in [3.63, 3.8) is 0 Å². The van der Waals surface area contributed by atoms with Gasteiger partial charge >= 0.3 is 6.18 Å². The van der Waals surface area contributed by atoms with Crippen LogP contribution in [0.1, 0.15) is 11.1 Å². The number of hydrogen-bond donors (Lipinski definition) is 0. The number of pyridine rings is 1. The normalized spacial score (nSPS) is 11.5. The average molecular weight is 237 g/mol. The number of nitrogens with zero attached hydrogens (tertiary/aromatic N) is 1. The lowest BCUT2D eigenvalue weighted by molar-refractivity contribution is -0.137. The van der Waals surface area contributed by atoms with Crippen molar-refractivity contribution in [3.8, 4) is 11.3 Å². The fraction of sp³-hybridized carbons (Fsp3) is 0.154. The van der Waals surface area contributed by atoms with Gasteiger partial charge in [-0.2, -0.15) is 13.2 Å². The van der Waals surface area contributed by atoms with E-state index in [9.17, 15) is 13.2 Å². The first-order chi connectivity index (χ1) is 7.98. The van der Waals surface area contributed by atoms with Crippen LogP contribution in [0.2, 0.25) is 0 Å². The highest BCUT2D eigenvalue weighted by Crippen LogP contribution is 2.36. The quantitative estimate of drug-likeness (QED) is 0.728. The second kappa shape index (κ2) is 4.20. The van der Waals surface area contributed by atoms with E-state index in [2.05, 4.69) is 4.98 Å². The SMILES string of the molecule is Cc1ccc(-c2ccccn2)c(C(F)(F)F)c1. The van der Waals surface area contributed by atoms with E-state index in [1.54, 1.807) is 31.2 Å². The minimum atomic E-state index is -4.36. The van der Waals surface area contributed by atoms with Crippen molar-refractivity contribution in [2.75, 3.05) is 0 Å². The molecule has 0 aliphatic heterocycles. The van der Waals surface area contributed by atoms with E-state index in [4.69, 9.17) is 0 Å². The molecule has 0 bridgehead atoms. The molecule has 0 amide bonds. The maximum atomic E-state index is 12.9. The van der Waals surface area contributed by atoms with Crippen molar-refractivity contribution < 1.29 is 13.2 Å². The summed E-state index contributed by atoms with van der Waals surface area (Å²) >= 11 is 0. The number of halogens is 3. The summed E-state index contributed by atoms with van der Waals surface area (Å²) in [6, 6.07) is 9.16. The van der Waals surface area contributed by atoms with Crippen molar-refractivity contribution in [3.05, 3.63) is 53.7 Å². The zero-order valence-corrected chi connectivity index (χ0v) is 9.12. The van der Waals surface area contributed by atoms with Crippen molar-refractivity contribution in [2.24, 2.45) is 0 Å². The van der Waals surface area contributed by atoms with Gasteiger partial charge in [0.15, 0.2) is 0 Å². The summed E-state index contributed by atoms with van der Waals surface area (Å²) in [6.07, 6.45) is -2.88. The molecule has 1 nitrogen and oxygen atoms in total. The molecule has 0 aliphatic carbocycles. The number of hydrogen-bond acceptors (Lipinski definition) is 1. The molecule has 0 spiro atoms. The summed E-state index contributed by atoms with van der Waals surface area (Å²) in [6.45, 7) is 1.64. The van der Waals surface area contributed by atoms with Gasteiger partial charge in [-0.05, 0) is 25.1 Å². The molecule has 0 saturated carbocycles. The number of alkyl halides is 3. The molecule has 2 aromatic rings. The Hall–Kier alpha value is -1.84. The van der Waals surface area contributed by atoms with Gasteiger partial charge in [0.1, 0.15) is 0 Å². The lowest BCUT2D eigenvalue weighted by atomic mass is 10.0. The minimum Gasteiger partial charge on any atom is -0.256 e. The Kier molecular flexibility index (Phi) is 2.88. The van der Waals surface area contributed by atoms with Gasteiger partial charge in [-0.1, -0.05) is 23.8 Å². The summed E-state index contributed by atoms with van der Waals surface area (Å²) in [7, 11) is 0. The lowest BCUT2D eigenvalue weighted by Gasteiger charge is -2.13. The van der Waals surface area contributed by atoms with Gasteiger partial charge in [-0.3, -0.25) is 4.98 Å². The zero-order valence-electron chi connectivity index (χ0n) is 9.12. The van der Waals surface area contributed by atoms with Crippen molar-refractivity contribution in [1.29, 1.82) is 0 Å². The van der Waals surface area contributed by atoms with Gasteiger partial charge < -0.3 is 0 Å². The third kappa shape index (κ3) is 2.46. The van der Waals surface area contributed by atoms with Crippen LogP contribution in [0.4, 0.5) is 13.2 Å². The second-order valence-electron chi connectivity index (χ2n) is 3.76. The largest absolute Gasteiger partial charge is 0.417 e. The molecule has 0 unspecified atom stereocenters. The Balaban J connectivity index is 2.63. The topological polar surface area (TPSA) is 12.9 Å². The van der Waals surface area contributed by atoms with E-state index in [0.29, 0.717) is 11.3 Å². The maximum Gasteiger partial charge on any atom is 0.417 e. The number of rotatable bonds is 1. The van der Waals surface area contributed by atoms with E-state index in [1.165, 1.54) is 12.3 Å². The van der Waals surface area contributed by atoms with Gasteiger partial charge in [0.25, 0.3) is 0 Å².